The number of aliphatic imine (C=N–C) groups is 2. The zero-order valence-corrected chi connectivity index (χ0v) is 30.3. The van der Waals surface area contributed by atoms with Crippen molar-refractivity contribution >= 4 is 27.4 Å². The van der Waals surface area contributed by atoms with Gasteiger partial charge >= 0.3 is 74.8 Å². The van der Waals surface area contributed by atoms with Crippen molar-refractivity contribution < 1.29 is 132 Å². The van der Waals surface area contributed by atoms with E-state index in [1.165, 1.54) is 0 Å². The molecule has 0 spiro atoms. The molecule has 2 saturated carbocycles. The van der Waals surface area contributed by atoms with Crippen LogP contribution in [0.4, 0.5) is 0 Å². The molecule has 43 heavy (non-hydrogen) atoms. The smallest absolute Gasteiger partial charge is 0.862 e. The van der Waals surface area contributed by atoms with E-state index in [0.29, 0.717) is 0 Å². The van der Waals surface area contributed by atoms with Gasteiger partial charge in [-0.25, -0.2) is 9.13 Å². The topological polar surface area (TPSA) is 310 Å². The predicted molar refractivity (Wildman–Crippen MR) is 136 cm³/mol. The first kappa shape index (κ1) is 43.9. The molecule has 0 heterocycles. The molecule has 12 atom stereocenters. The molecule has 0 bridgehead atoms. The van der Waals surface area contributed by atoms with Gasteiger partial charge in [-0.05, 0) is 51.5 Å². The molecular weight excluding hydrogens is 642 g/mol. The van der Waals surface area contributed by atoms with Gasteiger partial charge in [-0.3, -0.25) is 28.1 Å². The second kappa shape index (κ2) is 19.7. The minimum atomic E-state index is -5.05. The van der Waals surface area contributed by atoms with Gasteiger partial charge in [-0.1, -0.05) is 0 Å². The monoisotopic (exact) mass is 681 g/mol. The van der Waals surface area contributed by atoms with Crippen LogP contribution in [0, 0.1) is 11.8 Å². The zero-order valence-electron chi connectivity index (χ0n) is 24.5. The van der Waals surface area contributed by atoms with E-state index in [4.69, 9.17) is 23.8 Å². The number of hydrogen-bond acceptors (Lipinski definition) is 16. The number of phosphoric acid groups is 2. The summed E-state index contributed by atoms with van der Waals surface area (Å²) in [4.78, 5) is 27.7. The number of aliphatic hydroxyl groups is 5. The first-order chi connectivity index (χ1) is 19.0. The molecule has 2 fully saturated rings. The van der Waals surface area contributed by atoms with E-state index in [-0.39, 0.29) is 85.1 Å². The number of phosphoric ester groups is 2. The number of nitrogens with two attached hydrogens (primary N) is 1. The summed E-state index contributed by atoms with van der Waals surface area (Å²) in [6.07, 6.45) is -10.1. The summed E-state index contributed by atoms with van der Waals surface area (Å²) in [5.41, 5.74) is 5.33. The van der Waals surface area contributed by atoms with E-state index < -0.39 is 108 Å². The van der Waals surface area contributed by atoms with Gasteiger partial charge in [0.25, 0.3) is 0 Å². The Labute approximate surface area is 293 Å². The Bertz CT molecular complexity index is 1010. The number of aliphatic hydroxyl groups excluding tert-OH is 5. The van der Waals surface area contributed by atoms with E-state index in [1.807, 2.05) is 0 Å². The molecule has 18 nitrogen and oxygen atoms in total. The maximum atomic E-state index is 12.8. The van der Waals surface area contributed by atoms with Crippen molar-refractivity contribution in [1.82, 2.24) is 0 Å². The van der Waals surface area contributed by atoms with Crippen LogP contribution in [0.15, 0.2) is 9.98 Å². The van der Waals surface area contributed by atoms with Crippen LogP contribution in [-0.2, 0) is 27.2 Å². The average molecular weight is 681 g/mol. The fraction of sp³-hybridized carbons (Fsp3) is 0.905. The molecule has 0 saturated heterocycles. The fourth-order valence-corrected chi connectivity index (χ4v) is 6.68. The molecule has 2 unspecified atom stereocenters. The summed E-state index contributed by atoms with van der Waals surface area (Å²) in [5.74, 6) is -3.75. The number of nitrogens with zero attached hydrogens (tertiary/aromatic N) is 2. The largest absolute Gasteiger partial charge is 1.00 e. The Morgan fingerprint density at radius 1 is 0.814 bits per heavy atom. The Kier molecular flexibility index (Phi) is 20.1. The van der Waals surface area contributed by atoms with E-state index in [0.717, 1.165) is 13.8 Å². The van der Waals surface area contributed by atoms with Crippen molar-refractivity contribution in [2.45, 2.75) is 81.8 Å². The van der Waals surface area contributed by atoms with Crippen LogP contribution < -0.4 is 75.1 Å². The van der Waals surface area contributed by atoms with Gasteiger partial charge in [-0.2, -0.15) is 0 Å². The molecule has 0 aromatic carbocycles. The molecule has 2 rings (SSSR count). The molecule has 0 aromatic rings. The van der Waals surface area contributed by atoms with Crippen LogP contribution in [0.5, 0.6) is 0 Å². The van der Waals surface area contributed by atoms with E-state index in [9.17, 15) is 54.7 Å². The molecule has 22 heteroatoms. The standard InChI is InChI=1S/C21H41N3O15P2.2Na/c1-10(26)23-16-14(6-12(8-25)18(28)20(16)30)39-41(34,35)37-9-13-7-15(38-40(32,33)36-5-3-4-22)17(24-11(2)27)21(31)19(13)29;;/h12-21,25,28-31H,3-9,22H2,1-2H3,(H,23,26)(H,24,27)(H,32,33)(H,34,35);;/q;2*+1/p-2/t12-,13-,14+,15+,16-,17-,18-,19-,20-,21-;;/m1../s1. The molecule has 0 radical (unpaired) electrons. The van der Waals surface area contributed by atoms with Gasteiger partial charge in [0.15, 0.2) is 0 Å². The minimum absolute atomic E-state index is 0. The van der Waals surface area contributed by atoms with Crippen LogP contribution in [0.25, 0.3) is 0 Å². The van der Waals surface area contributed by atoms with Gasteiger partial charge in [0.2, 0.25) is 0 Å². The molecule has 2 aliphatic rings. The average Bonchev–Trinajstić information content (AvgIpc) is 2.86. The maximum absolute atomic E-state index is 12.8. The first-order valence-electron chi connectivity index (χ1n) is 12.8. The molecule has 0 amide bonds. The first-order valence-corrected chi connectivity index (χ1v) is 15.8. The second-order valence-corrected chi connectivity index (χ2v) is 12.7. The van der Waals surface area contributed by atoms with Crippen LogP contribution >= 0.6 is 15.6 Å². The molecular formula is C21H39N3Na2O15P2. The summed E-state index contributed by atoms with van der Waals surface area (Å²) in [6, 6.07) is -2.96. The number of hydrogen-bond donors (Lipinski definition) is 8. The van der Waals surface area contributed by atoms with E-state index in [2.05, 4.69) is 9.98 Å². The van der Waals surface area contributed by atoms with Gasteiger partial charge in [0.05, 0.1) is 37.6 Å². The fourth-order valence-electron chi connectivity index (χ4n) is 4.71. The summed E-state index contributed by atoms with van der Waals surface area (Å²) in [7, 11) is -9.80. The Hall–Kier alpha value is 0.920. The third kappa shape index (κ3) is 13.5. The number of rotatable bonds is 14. The molecule has 2 aliphatic carbocycles. The van der Waals surface area contributed by atoms with Crippen LogP contribution in [0.3, 0.4) is 0 Å². The third-order valence-corrected chi connectivity index (χ3v) is 8.74. The Balaban J connectivity index is 0.00000882. The summed E-state index contributed by atoms with van der Waals surface area (Å²) in [5, 5.41) is 74.4. The van der Waals surface area contributed by atoms with Crippen molar-refractivity contribution in [3.8, 4) is 0 Å². The zero-order chi connectivity index (χ0) is 31.1. The quantitative estimate of drug-likeness (QED) is 0.0277. The third-order valence-electron chi connectivity index (χ3n) is 6.69. The minimum Gasteiger partial charge on any atom is -0.862 e. The normalized spacial score (nSPS) is 36.5. The molecule has 0 aliphatic heterocycles. The van der Waals surface area contributed by atoms with E-state index >= 15 is 0 Å². The molecule has 9 N–H and O–H groups in total. The second-order valence-electron chi connectivity index (χ2n) is 9.91. The van der Waals surface area contributed by atoms with Crippen molar-refractivity contribution in [3.05, 3.63) is 0 Å². The molecule has 0 aromatic heterocycles. The van der Waals surface area contributed by atoms with Gasteiger partial charge in [-0.15, -0.1) is 0 Å². The van der Waals surface area contributed by atoms with Crippen LogP contribution in [0.2, 0.25) is 0 Å². The Morgan fingerprint density at radius 3 is 1.65 bits per heavy atom. The predicted octanol–water partition coefficient (Wildman–Crippen LogP) is -9.88. The summed E-state index contributed by atoms with van der Waals surface area (Å²) in [6.45, 7) is 0.622. The van der Waals surface area contributed by atoms with Crippen molar-refractivity contribution in [2.24, 2.45) is 27.6 Å². The van der Waals surface area contributed by atoms with Crippen molar-refractivity contribution in [2.75, 3.05) is 26.4 Å². The van der Waals surface area contributed by atoms with Crippen molar-refractivity contribution in [3.63, 3.8) is 0 Å². The van der Waals surface area contributed by atoms with Gasteiger partial charge in [0.1, 0.15) is 24.3 Å². The van der Waals surface area contributed by atoms with Gasteiger partial charge in [0, 0.05) is 18.4 Å². The van der Waals surface area contributed by atoms with Gasteiger partial charge < -0.3 is 51.3 Å². The SMILES string of the molecule is CC([O-])=N[C@H]1[C@@H](O)[C@H](O)[C@@H](CO)C[C@@H]1OP(=O)(O)OC[C@H]1C[C@H](OP(=O)(O)OCCCN)[C@@H](N=C(C)[O-])[C@@H](O)[C@@H]1O.[Na+].[Na+]. The summed E-state index contributed by atoms with van der Waals surface area (Å²) < 4.78 is 45.3. The van der Waals surface area contributed by atoms with Crippen LogP contribution in [0.1, 0.15) is 33.1 Å². The van der Waals surface area contributed by atoms with Crippen LogP contribution in [-0.4, -0.2) is 122 Å². The van der Waals surface area contributed by atoms with E-state index in [1.54, 1.807) is 0 Å². The maximum Gasteiger partial charge on any atom is 1.00 e. The summed E-state index contributed by atoms with van der Waals surface area (Å²) >= 11 is 0. The Morgan fingerprint density at radius 2 is 1.23 bits per heavy atom. The molecule has 240 valence electrons. The van der Waals surface area contributed by atoms with Crippen molar-refractivity contribution in [1.29, 1.82) is 0 Å².